The Kier molecular flexibility index (Phi) is 3.42. The number of methoxy groups -OCH3 is 2. The number of nitrogens with zero attached hydrogens (tertiary/aromatic N) is 1. The van der Waals surface area contributed by atoms with Gasteiger partial charge in [0.2, 0.25) is 5.91 Å². The number of amides is 1. The van der Waals surface area contributed by atoms with Gasteiger partial charge in [-0.2, -0.15) is 5.10 Å². The van der Waals surface area contributed by atoms with Gasteiger partial charge in [0, 0.05) is 16.5 Å². The summed E-state index contributed by atoms with van der Waals surface area (Å²) >= 11 is 0. The van der Waals surface area contributed by atoms with Crippen LogP contribution in [0.25, 0.3) is 22.2 Å². The lowest BCUT2D eigenvalue weighted by atomic mass is 10.0. The van der Waals surface area contributed by atoms with Crippen molar-refractivity contribution in [2.75, 3.05) is 14.2 Å². The maximum Gasteiger partial charge on any atom is 0.248 e. The van der Waals surface area contributed by atoms with Crippen molar-refractivity contribution in [2.24, 2.45) is 5.73 Å². The van der Waals surface area contributed by atoms with Gasteiger partial charge < -0.3 is 15.2 Å². The van der Waals surface area contributed by atoms with Crippen LogP contribution in [-0.2, 0) is 0 Å². The van der Waals surface area contributed by atoms with Gasteiger partial charge in [-0.25, -0.2) is 0 Å². The number of hydrogen-bond acceptors (Lipinski definition) is 4. The molecule has 0 atom stereocenters. The van der Waals surface area contributed by atoms with Crippen LogP contribution in [0.4, 0.5) is 0 Å². The van der Waals surface area contributed by atoms with E-state index >= 15 is 0 Å². The van der Waals surface area contributed by atoms with Crippen molar-refractivity contribution >= 4 is 16.8 Å². The number of primary amides is 1. The molecule has 0 spiro atoms. The van der Waals surface area contributed by atoms with E-state index in [4.69, 9.17) is 15.2 Å². The molecule has 6 heteroatoms. The Bertz CT molecular complexity index is 855. The standard InChI is InChI=1S/C16H15N3O3/c1-21-13-6-4-9(8-14(13)22-2)15-11-7-10(16(17)20)3-5-12(11)18-19-15/h3-8H,1-2H3,(H2,17,20)(H,18,19). The second-order valence-electron chi connectivity index (χ2n) is 4.77. The lowest BCUT2D eigenvalue weighted by Gasteiger charge is -2.08. The zero-order valence-electron chi connectivity index (χ0n) is 12.2. The highest BCUT2D eigenvalue weighted by atomic mass is 16.5. The largest absolute Gasteiger partial charge is 0.493 e. The van der Waals surface area contributed by atoms with Gasteiger partial charge in [0.1, 0.15) is 5.69 Å². The molecule has 3 N–H and O–H groups in total. The molecule has 0 aliphatic carbocycles. The summed E-state index contributed by atoms with van der Waals surface area (Å²) in [6, 6.07) is 10.7. The van der Waals surface area contributed by atoms with E-state index in [1.165, 1.54) is 0 Å². The number of nitrogens with one attached hydrogen (secondary N) is 1. The molecule has 0 fully saturated rings. The van der Waals surface area contributed by atoms with Gasteiger partial charge in [-0.05, 0) is 36.4 Å². The number of hydrogen-bond donors (Lipinski definition) is 2. The van der Waals surface area contributed by atoms with E-state index in [0.717, 1.165) is 22.2 Å². The van der Waals surface area contributed by atoms with Crippen molar-refractivity contribution in [3.8, 4) is 22.8 Å². The fourth-order valence-electron chi connectivity index (χ4n) is 2.37. The van der Waals surface area contributed by atoms with Crippen LogP contribution in [0.5, 0.6) is 11.5 Å². The molecule has 112 valence electrons. The number of aromatic amines is 1. The Morgan fingerprint density at radius 2 is 1.86 bits per heavy atom. The van der Waals surface area contributed by atoms with E-state index in [1.807, 2.05) is 18.2 Å². The van der Waals surface area contributed by atoms with E-state index in [2.05, 4.69) is 10.2 Å². The van der Waals surface area contributed by atoms with Gasteiger partial charge in [-0.1, -0.05) is 0 Å². The molecule has 0 radical (unpaired) electrons. The second kappa shape index (κ2) is 5.40. The van der Waals surface area contributed by atoms with Crippen molar-refractivity contribution in [3.63, 3.8) is 0 Å². The topological polar surface area (TPSA) is 90.2 Å². The average molecular weight is 297 g/mol. The van der Waals surface area contributed by atoms with Gasteiger partial charge in [-0.15, -0.1) is 0 Å². The fraction of sp³-hybridized carbons (Fsp3) is 0.125. The zero-order chi connectivity index (χ0) is 15.7. The minimum Gasteiger partial charge on any atom is -0.493 e. The molecule has 0 unspecified atom stereocenters. The normalized spacial score (nSPS) is 10.6. The van der Waals surface area contributed by atoms with Crippen LogP contribution in [0.3, 0.4) is 0 Å². The van der Waals surface area contributed by atoms with E-state index in [0.29, 0.717) is 17.1 Å². The molecule has 22 heavy (non-hydrogen) atoms. The molecule has 1 aromatic heterocycles. The van der Waals surface area contributed by atoms with Crippen LogP contribution in [0.2, 0.25) is 0 Å². The number of benzene rings is 2. The van der Waals surface area contributed by atoms with Gasteiger partial charge in [0.25, 0.3) is 0 Å². The molecular weight excluding hydrogens is 282 g/mol. The molecule has 1 amide bonds. The van der Waals surface area contributed by atoms with Crippen molar-refractivity contribution in [1.82, 2.24) is 10.2 Å². The SMILES string of the molecule is COc1ccc(-c2n[nH]c3ccc(C(N)=O)cc23)cc1OC. The number of rotatable bonds is 4. The first-order valence-electron chi connectivity index (χ1n) is 6.64. The Morgan fingerprint density at radius 1 is 1.09 bits per heavy atom. The summed E-state index contributed by atoms with van der Waals surface area (Å²) in [6.45, 7) is 0. The van der Waals surface area contributed by atoms with Crippen molar-refractivity contribution in [3.05, 3.63) is 42.0 Å². The molecule has 0 saturated carbocycles. The Balaban J connectivity index is 2.17. The monoisotopic (exact) mass is 297 g/mol. The van der Waals surface area contributed by atoms with Gasteiger partial charge in [0.05, 0.1) is 19.7 Å². The molecule has 3 rings (SSSR count). The summed E-state index contributed by atoms with van der Waals surface area (Å²) in [4.78, 5) is 11.4. The second-order valence-corrected chi connectivity index (χ2v) is 4.77. The number of carbonyl (C=O) groups is 1. The van der Waals surface area contributed by atoms with Crippen LogP contribution in [-0.4, -0.2) is 30.3 Å². The number of ether oxygens (including phenoxy) is 2. The third kappa shape index (κ3) is 2.24. The van der Waals surface area contributed by atoms with E-state index in [-0.39, 0.29) is 0 Å². The zero-order valence-corrected chi connectivity index (χ0v) is 12.2. The third-order valence-corrected chi connectivity index (χ3v) is 3.50. The lowest BCUT2D eigenvalue weighted by Crippen LogP contribution is -2.10. The smallest absolute Gasteiger partial charge is 0.248 e. The first-order chi connectivity index (χ1) is 10.6. The van der Waals surface area contributed by atoms with Crippen molar-refractivity contribution in [2.45, 2.75) is 0 Å². The highest BCUT2D eigenvalue weighted by molar-refractivity contribution is 6.00. The minimum absolute atomic E-state index is 0.440. The van der Waals surface area contributed by atoms with Crippen molar-refractivity contribution < 1.29 is 14.3 Å². The molecule has 0 aliphatic heterocycles. The van der Waals surface area contributed by atoms with Crippen LogP contribution in [0.1, 0.15) is 10.4 Å². The Morgan fingerprint density at radius 3 is 2.55 bits per heavy atom. The molecule has 0 saturated heterocycles. The summed E-state index contributed by atoms with van der Waals surface area (Å²) in [6.07, 6.45) is 0. The first-order valence-corrected chi connectivity index (χ1v) is 6.64. The van der Waals surface area contributed by atoms with E-state index < -0.39 is 5.91 Å². The number of carbonyl (C=O) groups excluding carboxylic acids is 1. The molecule has 6 nitrogen and oxygen atoms in total. The van der Waals surface area contributed by atoms with Gasteiger partial charge in [-0.3, -0.25) is 9.89 Å². The molecule has 0 aliphatic rings. The Hall–Kier alpha value is -3.02. The lowest BCUT2D eigenvalue weighted by molar-refractivity contribution is 0.100. The number of H-pyrrole nitrogens is 1. The highest BCUT2D eigenvalue weighted by Crippen LogP contribution is 2.34. The highest BCUT2D eigenvalue weighted by Gasteiger charge is 2.13. The third-order valence-electron chi connectivity index (χ3n) is 3.50. The van der Waals surface area contributed by atoms with Crippen molar-refractivity contribution in [1.29, 1.82) is 0 Å². The maximum atomic E-state index is 11.4. The maximum absolute atomic E-state index is 11.4. The predicted molar refractivity (Wildman–Crippen MR) is 83.2 cm³/mol. The molecule has 0 bridgehead atoms. The summed E-state index contributed by atoms with van der Waals surface area (Å²) < 4.78 is 10.5. The van der Waals surface area contributed by atoms with E-state index in [1.54, 1.807) is 32.4 Å². The molecular formula is C16H15N3O3. The van der Waals surface area contributed by atoms with Crippen LogP contribution in [0, 0.1) is 0 Å². The molecule has 1 heterocycles. The number of nitrogens with two attached hydrogens (primary N) is 1. The number of fused-ring (bicyclic) bond motifs is 1. The molecule has 2 aromatic carbocycles. The fourth-order valence-corrected chi connectivity index (χ4v) is 2.37. The van der Waals surface area contributed by atoms with Gasteiger partial charge in [0.15, 0.2) is 11.5 Å². The summed E-state index contributed by atoms with van der Waals surface area (Å²) in [5.41, 5.74) is 8.18. The summed E-state index contributed by atoms with van der Waals surface area (Å²) in [5, 5.41) is 8.09. The quantitative estimate of drug-likeness (QED) is 0.773. The molecule has 3 aromatic rings. The minimum atomic E-state index is -0.471. The Labute approximate surface area is 126 Å². The summed E-state index contributed by atoms with van der Waals surface area (Å²) in [5.74, 6) is 0.785. The van der Waals surface area contributed by atoms with Crippen LogP contribution < -0.4 is 15.2 Å². The van der Waals surface area contributed by atoms with Crippen LogP contribution >= 0.6 is 0 Å². The summed E-state index contributed by atoms with van der Waals surface area (Å²) in [7, 11) is 3.16. The predicted octanol–water partition coefficient (Wildman–Crippen LogP) is 2.35. The average Bonchev–Trinajstić information content (AvgIpc) is 2.97. The first kappa shape index (κ1) is 13.9. The van der Waals surface area contributed by atoms with E-state index in [9.17, 15) is 4.79 Å². The van der Waals surface area contributed by atoms with Crippen LogP contribution in [0.15, 0.2) is 36.4 Å². The van der Waals surface area contributed by atoms with Gasteiger partial charge >= 0.3 is 0 Å². The number of aromatic nitrogens is 2.